The lowest BCUT2D eigenvalue weighted by atomic mass is 10.0. The highest BCUT2D eigenvalue weighted by atomic mass is 32.2. The summed E-state index contributed by atoms with van der Waals surface area (Å²) in [7, 11) is 1.69. The smallest absolute Gasteiger partial charge is 0.267 e. The summed E-state index contributed by atoms with van der Waals surface area (Å²) in [5.41, 5.74) is 6.09. The number of anilines is 1. The first-order chi connectivity index (χ1) is 21.6. The molecule has 0 aromatic heterocycles. The predicted octanol–water partition coefficient (Wildman–Crippen LogP) is 9.33. The number of amidine groups is 1. The Morgan fingerprint density at radius 1 is 0.795 bits per heavy atom. The summed E-state index contributed by atoms with van der Waals surface area (Å²) in [5, 5.41) is 1.76. The number of likely N-dealkylation sites (N-methyl/N-ethyl adjacent to an activating group) is 1. The van der Waals surface area contributed by atoms with Crippen LogP contribution in [0.4, 0.5) is 11.4 Å². The highest BCUT2D eigenvalue weighted by molar-refractivity contribution is 8.18. The van der Waals surface area contributed by atoms with Gasteiger partial charge in [-0.1, -0.05) is 96.7 Å². The van der Waals surface area contributed by atoms with Crippen LogP contribution in [-0.4, -0.2) is 36.2 Å². The number of hydrogen-bond donors (Lipinski definition) is 0. The van der Waals surface area contributed by atoms with Gasteiger partial charge >= 0.3 is 0 Å². The van der Waals surface area contributed by atoms with E-state index in [0.717, 1.165) is 55.9 Å². The summed E-state index contributed by atoms with van der Waals surface area (Å²) in [4.78, 5) is 24.7. The van der Waals surface area contributed by atoms with Crippen molar-refractivity contribution in [2.75, 3.05) is 25.1 Å². The minimum atomic E-state index is -0.0282. The quantitative estimate of drug-likeness (QED) is 0.146. The van der Waals surface area contributed by atoms with E-state index >= 15 is 0 Å². The lowest BCUT2D eigenvalue weighted by Gasteiger charge is -2.19. The fourth-order valence-electron chi connectivity index (χ4n) is 5.13. The van der Waals surface area contributed by atoms with Crippen LogP contribution in [0.2, 0.25) is 0 Å². The molecule has 2 aliphatic rings. The van der Waals surface area contributed by atoms with Crippen molar-refractivity contribution in [2.45, 2.75) is 18.7 Å². The molecule has 1 fully saturated rings. The summed E-state index contributed by atoms with van der Waals surface area (Å²) < 4.78 is 5.48. The lowest BCUT2D eigenvalue weighted by Crippen LogP contribution is -2.28. The van der Waals surface area contributed by atoms with Gasteiger partial charge in [0.1, 0.15) is 5.75 Å². The molecule has 0 saturated carbocycles. The van der Waals surface area contributed by atoms with Crippen molar-refractivity contribution >= 4 is 63.7 Å². The number of carbonyl (C=O) groups excluding carboxylic acids is 1. The summed E-state index contributed by atoms with van der Waals surface area (Å²) in [6, 6.07) is 34.6. The van der Waals surface area contributed by atoms with Gasteiger partial charge < -0.3 is 9.64 Å². The molecule has 220 valence electrons. The predicted molar refractivity (Wildman–Crippen MR) is 187 cm³/mol. The molecule has 0 aliphatic carbocycles. The third-order valence-electron chi connectivity index (χ3n) is 7.42. The summed E-state index contributed by atoms with van der Waals surface area (Å²) in [6.45, 7) is 5.47. The fourth-order valence-corrected chi connectivity index (χ4v) is 7.46. The number of fused-ring (bicyclic) bond motifs is 1. The zero-order chi connectivity index (χ0) is 30.5. The normalized spacial score (nSPS) is 17.7. The molecule has 0 atom stereocenters. The summed E-state index contributed by atoms with van der Waals surface area (Å²) in [6.07, 6.45) is 6.34. The second-order valence-corrected chi connectivity index (χ2v) is 12.2. The van der Waals surface area contributed by atoms with Crippen molar-refractivity contribution in [3.05, 3.63) is 136 Å². The van der Waals surface area contributed by atoms with Gasteiger partial charge in [-0.25, -0.2) is 4.99 Å². The third-order valence-corrected chi connectivity index (χ3v) is 9.60. The van der Waals surface area contributed by atoms with E-state index in [-0.39, 0.29) is 5.91 Å². The molecule has 1 amide bonds. The number of allylic oxidation sites excluding steroid dienone is 2. The molecule has 5 nitrogen and oxygen atoms in total. The van der Waals surface area contributed by atoms with Gasteiger partial charge in [-0.2, -0.15) is 0 Å². The molecule has 2 heterocycles. The van der Waals surface area contributed by atoms with E-state index in [4.69, 9.17) is 9.73 Å². The Labute approximate surface area is 267 Å². The lowest BCUT2D eigenvalue weighted by molar-refractivity contribution is -0.122. The van der Waals surface area contributed by atoms with Crippen LogP contribution in [0.5, 0.6) is 5.75 Å². The van der Waals surface area contributed by atoms with Gasteiger partial charge in [-0.15, -0.1) is 0 Å². The molecule has 4 aromatic carbocycles. The third kappa shape index (κ3) is 6.25. The fraction of sp³-hybridized carbons (Fsp3) is 0.135. The number of amides is 1. The standard InChI is InChI=1S/C37H33N3O2S2/c1-4-39-32-23-22-30(42-3)24-33(32)43-34(39)25-31(28-14-10-7-11-15-28)35-36(41)40(5-2)37(44-35)38-29-20-18-27(19-21-29)17-16-26-12-8-6-9-13-26/h6-25H,4-5H2,1-3H3. The average molecular weight is 616 g/mol. The van der Waals surface area contributed by atoms with Gasteiger partial charge in [0.25, 0.3) is 5.91 Å². The Kier molecular flexibility index (Phi) is 9.05. The van der Waals surface area contributed by atoms with Crippen LogP contribution in [0.25, 0.3) is 17.7 Å². The first-order valence-electron chi connectivity index (χ1n) is 14.6. The van der Waals surface area contributed by atoms with Crippen LogP contribution in [0.1, 0.15) is 30.5 Å². The number of methoxy groups -OCH3 is 1. The van der Waals surface area contributed by atoms with Crippen molar-refractivity contribution in [2.24, 2.45) is 4.99 Å². The van der Waals surface area contributed by atoms with Crippen molar-refractivity contribution in [1.29, 1.82) is 0 Å². The molecule has 7 heteroatoms. The van der Waals surface area contributed by atoms with Crippen LogP contribution < -0.4 is 9.64 Å². The topological polar surface area (TPSA) is 45.1 Å². The van der Waals surface area contributed by atoms with Crippen LogP contribution in [0.3, 0.4) is 0 Å². The van der Waals surface area contributed by atoms with Gasteiger partial charge in [0.2, 0.25) is 0 Å². The highest BCUT2D eigenvalue weighted by Gasteiger charge is 2.35. The molecule has 1 saturated heterocycles. The zero-order valence-electron chi connectivity index (χ0n) is 24.9. The zero-order valence-corrected chi connectivity index (χ0v) is 26.6. The molecule has 2 aliphatic heterocycles. The molecule has 0 bridgehead atoms. The van der Waals surface area contributed by atoms with Crippen LogP contribution in [-0.2, 0) is 4.79 Å². The number of ether oxygens (including phenoxy) is 1. The molecule has 0 spiro atoms. The highest BCUT2D eigenvalue weighted by Crippen LogP contribution is 2.49. The molecule has 0 unspecified atom stereocenters. The van der Waals surface area contributed by atoms with Crippen molar-refractivity contribution in [3.63, 3.8) is 0 Å². The minimum Gasteiger partial charge on any atom is -0.497 e. The van der Waals surface area contributed by atoms with Crippen molar-refractivity contribution in [3.8, 4) is 5.75 Å². The van der Waals surface area contributed by atoms with Gasteiger partial charge in [0.15, 0.2) is 5.17 Å². The first kappa shape index (κ1) is 29.6. The largest absolute Gasteiger partial charge is 0.497 e. The number of rotatable bonds is 8. The summed E-state index contributed by atoms with van der Waals surface area (Å²) in [5.74, 6) is 0.802. The maximum absolute atomic E-state index is 13.9. The number of aliphatic imine (C=N–C) groups is 1. The van der Waals surface area contributed by atoms with Crippen LogP contribution in [0, 0.1) is 0 Å². The molecule has 4 aromatic rings. The molecule has 0 radical (unpaired) electrons. The van der Waals surface area contributed by atoms with E-state index in [9.17, 15) is 4.79 Å². The minimum absolute atomic E-state index is 0.0282. The van der Waals surface area contributed by atoms with Crippen LogP contribution >= 0.6 is 23.5 Å². The molecule has 44 heavy (non-hydrogen) atoms. The maximum Gasteiger partial charge on any atom is 0.267 e. The second kappa shape index (κ2) is 13.5. The average Bonchev–Trinajstić information content (AvgIpc) is 3.58. The van der Waals surface area contributed by atoms with Gasteiger partial charge in [0, 0.05) is 23.6 Å². The van der Waals surface area contributed by atoms with E-state index in [1.807, 2.05) is 61.5 Å². The van der Waals surface area contributed by atoms with Gasteiger partial charge in [-0.05, 0) is 78.7 Å². The Hall–Kier alpha value is -4.46. The Morgan fingerprint density at radius 2 is 1.45 bits per heavy atom. The molecule has 6 rings (SSSR count). The Balaban J connectivity index is 1.35. The van der Waals surface area contributed by atoms with E-state index in [1.54, 1.807) is 23.8 Å². The van der Waals surface area contributed by atoms with Gasteiger partial charge in [0.05, 0.1) is 28.4 Å². The Bertz CT molecular complexity index is 1780. The Morgan fingerprint density at radius 3 is 2.11 bits per heavy atom. The maximum atomic E-state index is 13.9. The van der Waals surface area contributed by atoms with E-state index in [0.29, 0.717) is 16.6 Å². The first-order valence-corrected chi connectivity index (χ1v) is 16.3. The molecule has 0 N–H and O–H groups in total. The van der Waals surface area contributed by atoms with E-state index in [1.165, 1.54) is 11.8 Å². The monoisotopic (exact) mass is 615 g/mol. The molecular formula is C37H33N3O2S2. The number of benzene rings is 4. The number of hydrogen-bond acceptors (Lipinski definition) is 6. The second-order valence-electron chi connectivity index (χ2n) is 10.2. The number of thioether (sulfide) groups is 2. The summed E-state index contributed by atoms with van der Waals surface area (Å²) >= 11 is 3.14. The van der Waals surface area contributed by atoms with Crippen molar-refractivity contribution < 1.29 is 9.53 Å². The van der Waals surface area contributed by atoms with Crippen molar-refractivity contribution in [1.82, 2.24) is 4.90 Å². The SMILES string of the molecule is CCN1C(=O)C(=C(C=C2Sc3cc(OC)ccc3N2CC)c2ccccc2)SC1=Nc1ccc(C=Cc2ccccc2)cc1. The van der Waals surface area contributed by atoms with E-state index in [2.05, 4.69) is 78.6 Å². The van der Waals surface area contributed by atoms with E-state index < -0.39 is 0 Å². The number of carbonyl (C=O) groups is 1. The number of nitrogens with zero attached hydrogens (tertiary/aromatic N) is 3. The van der Waals surface area contributed by atoms with Gasteiger partial charge in [-0.3, -0.25) is 9.69 Å². The molecular weight excluding hydrogens is 583 g/mol. The van der Waals surface area contributed by atoms with Crippen LogP contribution in [0.15, 0.2) is 129 Å².